The third kappa shape index (κ3) is 2.84. The molecule has 2 aromatic heterocycles. The molecule has 1 aliphatic rings. The Balaban J connectivity index is 1.46. The van der Waals surface area contributed by atoms with Gasteiger partial charge in [-0.25, -0.2) is 9.78 Å². The Hall–Kier alpha value is -2.28. The Morgan fingerprint density at radius 1 is 1.26 bits per heavy atom. The summed E-state index contributed by atoms with van der Waals surface area (Å²) >= 11 is 1.37. The molecule has 0 bridgehead atoms. The summed E-state index contributed by atoms with van der Waals surface area (Å²) in [5.41, 5.74) is 5.12. The van der Waals surface area contributed by atoms with Crippen LogP contribution in [0.1, 0.15) is 52.5 Å². The predicted molar refractivity (Wildman–Crippen MR) is 86.3 cm³/mol. The summed E-state index contributed by atoms with van der Waals surface area (Å²) in [6.07, 6.45) is 4.67. The van der Waals surface area contributed by atoms with Crippen molar-refractivity contribution in [2.24, 2.45) is 0 Å². The Kier molecular flexibility index (Phi) is 3.78. The van der Waals surface area contributed by atoms with Gasteiger partial charge in [-0.2, -0.15) is 15.4 Å². The molecule has 4 rings (SSSR count). The molecule has 2 heterocycles. The third-order valence-electron chi connectivity index (χ3n) is 4.27. The number of nitrogens with zero attached hydrogens (tertiary/aromatic N) is 3. The number of aromatic amines is 1. The van der Waals surface area contributed by atoms with Gasteiger partial charge in [0.05, 0.1) is 11.2 Å². The van der Waals surface area contributed by atoms with Crippen LogP contribution in [0.5, 0.6) is 0 Å². The number of ether oxygens (including phenoxy) is 1. The molecule has 3 aromatic rings. The fourth-order valence-corrected chi connectivity index (χ4v) is 3.85. The summed E-state index contributed by atoms with van der Waals surface area (Å²) in [6.45, 7) is 0.226. The van der Waals surface area contributed by atoms with Gasteiger partial charge in [-0.15, -0.1) is 11.3 Å². The van der Waals surface area contributed by atoms with Crippen LogP contribution in [0.2, 0.25) is 0 Å². The van der Waals surface area contributed by atoms with Gasteiger partial charge in [-0.1, -0.05) is 18.9 Å². The first-order valence-corrected chi connectivity index (χ1v) is 8.59. The van der Waals surface area contributed by atoms with Crippen molar-refractivity contribution in [3.8, 4) is 0 Å². The van der Waals surface area contributed by atoms with Gasteiger partial charge in [0, 0.05) is 5.92 Å². The van der Waals surface area contributed by atoms with Crippen molar-refractivity contribution in [3.63, 3.8) is 0 Å². The van der Waals surface area contributed by atoms with Crippen LogP contribution in [0.4, 0.5) is 0 Å². The maximum Gasteiger partial charge on any atom is 0.350 e. The standard InChI is InChI=1S/C16H16N4O2S/c21-16(15-14(17-9-23-15)11-3-1-2-4-11)22-8-10-5-6-12-13(7-10)19-20-18-12/h5-7,9,11H,1-4,8H2,(H,18,19,20). The Labute approximate surface area is 136 Å². The molecule has 0 spiro atoms. The lowest BCUT2D eigenvalue weighted by molar-refractivity contribution is 0.0476. The van der Waals surface area contributed by atoms with Crippen molar-refractivity contribution in [1.82, 2.24) is 20.4 Å². The minimum absolute atomic E-state index is 0.226. The Morgan fingerprint density at radius 3 is 2.96 bits per heavy atom. The maximum atomic E-state index is 12.4. The molecule has 1 aliphatic carbocycles. The van der Waals surface area contributed by atoms with E-state index in [1.165, 1.54) is 24.2 Å². The summed E-state index contributed by atoms with van der Waals surface area (Å²) in [7, 11) is 0. The lowest BCUT2D eigenvalue weighted by Crippen LogP contribution is -2.08. The van der Waals surface area contributed by atoms with Gasteiger partial charge in [0.2, 0.25) is 0 Å². The molecular weight excluding hydrogens is 312 g/mol. The molecule has 0 unspecified atom stereocenters. The molecule has 23 heavy (non-hydrogen) atoms. The minimum Gasteiger partial charge on any atom is -0.457 e. The summed E-state index contributed by atoms with van der Waals surface area (Å²) < 4.78 is 5.47. The topological polar surface area (TPSA) is 80.8 Å². The third-order valence-corrected chi connectivity index (χ3v) is 5.10. The van der Waals surface area contributed by atoms with Crippen molar-refractivity contribution in [2.45, 2.75) is 38.2 Å². The first-order chi connectivity index (χ1) is 11.3. The average Bonchev–Trinajstić information content (AvgIpc) is 3.32. The van der Waals surface area contributed by atoms with Gasteiger partial charge in [0.15, 0.2) is 0 Å². The molecule has 0 atom stereocenters. The van der Waals surface area contributed by atoms with Gasteiger partial charge in [0.1, 0.15) is 22.5 Å². The van der Waals surface area contributed by atoms with Crippen molar-refractivity contribution in [2.75, 3.05) is 0 Å². The molecule has 0 amide bonds. The number of hydrogen-bond acceptors (Lipinski definition) is 6. The molecule has 1 fully saturated rings. The second-order valence-electron chi connectivity index (χ2n) is 5.77. The molecule has 118 valence electrons. The molecule has 1 N–H and O–H groups in total. The second kappa shape index (κ2) is 6.08. The van der Waals surface area contributed by atoms with Gasteiger partial charge in [-0.3, -0.25) is 0 Å². The highest BCUT2D eigenvalue weighted by atomic mass is 32.1. The molecule has 1 saturated carbocycles. The fourth-order valence-electron chi connectivity index (χ4n) is 3.09. The van der Waals surface area contributed by atoms with E-state index in [9.17, 15) is 4.79 Å². The number of rotatable bonds is 4. The summed E-state index contributed by atoms with van der Waals surface area (Å²) in [5, 5.41) is 10.6. The van der Waals surface area contributed by atoms with Gasteiger partial charge in [-0.05, 0) is 30.5 Å². The van der Waals surface area contributed by atoms with E-state index in [-0.39, 0.29) is 12.6 Å². The minimum atomic E-state index is -0.283. The highest BCUT2D eigenvalue weighted by Crippen LogP contribution is 2.36. The van der Waals surface area contributed by atoms with E-state index in [0.717, 1.165) is 35.1 Å². The smallest absolute Gasteiger partial charge is 0.350 e. The van der Waals surface area contributed by atoms with E-state index in [1.54, 1.807) is 5.51 Å². The summed E-state index contributed by atoms with van der Waals surface area (Å²) in [4.78, 5) is 17.4. The van der Waals surface area contributed by atoms with Crippen LogP contribution in [-0.2, 0) is 11.3 Å². The zero-order valence-electron chi connectivity index (χ0n) is 12.5. The van der Waals surface area contributed by atoms with E-state index in [4.69, 9.17) is 4.74 Å². The number of nitrogens with one attached hydrogen (secondary N) is 1. The lowest BCUT2D eigenvalue weighted by atomic mass is 10.0. The lowest BCUT2D eigenvalue weighted by Gasteiger charge is -2.09. The number of fused-ring (bicyclic) bond motifs is 1. The number of esters is 1. The van der Waals surface area contributed by atoms with Crippen LogP contribution in [0, 0.1) is 0 Å². The van der Waals surface area contributed by atoms with Crippen LogP contribution in [0.15, 0.2) is 23.7 Å². The zero-order chi connectivity index (χ0) is 15.6. The highest BCUT2D eigenvalue weighted by molar-refractivity contribution is 7.11. The number of benzene rings is 1. The molecule has 6 nitrogen and oxygen atoms in total. The van der Waals surface area contributed by atoms with Crippen LogP contribution in [0.3, 0.4) is 0 Å². The molecular formula is C16H16N4O2S. The molecule has 0 aliphatic heterocycles. The quantitative estimate of drug-likeness (QED) is 0.742. The Bertz CT molecular complexity index is 835. The van der Waals surface area contributed by atoms with E-state index in [2.05, 4.69) is 20.4 Å². The van der Waals surface area contributed by atoms with Gasteiger partial charge < -0.3 is 4.74 Å². The average molecular weight is 328 g/mol. The summed E-state index contributed by atoms with van der Waals surface area (Å²) in [5.74, 6) is 0.130. The highest BCUT2D eigenvalue weighted by Gasteiger charge is 2.26. The predicted octanol–water partition coefficient (Wildman–Crippen LogP) is 3.43. The first kappa shape index (κ1) is 14.3. The van der Waals surface area contributed by atoms with Crippen molar-refractivity contribution >= 4 is 28.3 Å². The van der Waals surface area contributed by atoms with E-state index >= 15 is 0 Å². The second-order valence-corrected chi connectivity index (χ2v) is 6.63. The molecule has 0 saturated heterocycles. The van der Waals surface area contributed by atoms with Crippen LogP contribution in [-0.4, -0.2) is 26.4 Å². The molecule has 0 radical (unpaired) electrons. The number of carbonyl (C=O) groups excluding carboxylic acids is 1. The fraction of sp³-hybridized carbons (Fsp3) is 0.375. The molecule has 7 heteroatoms. The zero-order valence-corrected chi connectivity index (χ0v) is 13.3. The van der Waals surface area contributed by atoms with Crippen molar-refractivity contribution < 1.29 is 9.53 Å². The SMILES string of the molecule is O=C(OCc1ccc2n[nH]nc2c1)c1scnc1C1CCCC1. The number of hydrogen-bond donors (Lipinski definition) is 1. The first-order valence-electron chi connectivity index (χ1n) is 7.71. The van der Waals surface area contributed by atoms with Crippen molar-refractivity contribution in [1.29, 1.82) is 0 Å². The monoisotopic (exact) mass is 328 g/mol. The number of carbonyl (C=O) groups is 1. The van der Waals surface area contributed by atoms with Gasteiger partial charge >= 0.3 is 5.97 Å². The number of aromatic nitrogens is 4. The van der Waals surface area contributed by atoms with Crippen LogP contribution < -0.4 is 0 Å². The molecule has 1 aromatic carbocycles. The number of H-pyrrole nitrogens is 1. The number of thiazole rings is 1. The van der Waals surface area contributed by atoms with E-state index in [1.807, 2.05) is 18.2 Å². The van der Waals surface area contributed by atoms with Crippen LogP contribution >= 0.6 is 11.3 Å². The Morgan fingerprint density at radius 2 is 2.09 bits per heavy atom. The van der Waals surface area contributed by atoms with Crippen LogP contribution in [0.25, 0.3) is 11.0 Å². The van der Waals surface area contributed by atoms with E-state index < -0.39 is 0 Å². The largest absolute Gasteiger partial charge is 0.457 e. The van der Waals surface area contributed by atoms with Crippen molar-refractivity contribution in [3.05, 3.63) is 39.8 Å². The summed E-state index contributed by atoms with van der Waals surface area (Å²) in [6, 6.07) is 5.62. The maximum absolute atomic E-state index is 12.4. The van der Waals surface area contributed by atoms with E-state index in [0.29, 0.717) is 10.8 Å². The normalized spacial score (nSPS) is 15.3. The van der Waals surface area contributed by atoms with Gasteiger partial charge in [0.25, 0.3) is 0 Å².